The van der Waals surface area contributed by atoms with E-state index in [1.54, 1.807) is 12.5 Å². The molecule has 0 aliphatic carbocycles. The highest BCUT2D eigenvalue weighted by atomic mass is 32.2. The van der Waals surface area contributed by atoms with Crippen LogP contribution in [0.1, 0.15) is 16.7 Å². The third-order valence-corrected chi connectivity index (χ3v) is 6.09. The fourth-order valence-corrected chi connectivity index (χ4v) is 4.33. The van der Waals surface area contributed by atoms with Crippen LogP contribution in [0.4, 0.5) is 43.4 Å². The van der Waals surface area contributed by atoms with Gasteiger partial charge in [-0.25, -0.2) is 0 Å². The highest BCUT2D eigenvalue weighted by molar-refractivity contribution is 7.83. The third-order valence-electron chi connectivity index (χ3n) is 6.09. The van der Waals surface area contributed by atoms with Gasteiger partial charge in [0.15, 0.2) is 0 Å². The fourth-order valence-electron chi connectivity index (χ4n) is 4.33. The van der Waals surface area contributed by atoms with Crippen LogP contribution in [0.2, 0.25) is 0 Å². The molecule has 0 unspecified atom stereocenters. The second kappa shape index (κ2) is 11.4. The molecule has 0 saturated carbocycles. The molecule has 12 heteroatoms. The number of benzene rings is 4. The predicted molar refractivity (Wildman–Crippen MR) is 150 cm³/mol. The smallest absolute Gasteiger partial charge is 0.376 e. The Morgan fingerprint density at radius 3 is 1.59 bits per heavy atom. The van der Waals surface area contributed by atoms with Crippen molar-refractivity contribution in [1.82, 2.24) is 0 Å². The van der Waals surface area contributed by atoms with E-state index < -0.39 is 56.5 Å². The van der Waals surface area contributed by atoms with Gasteiger partial charge in [-0.05, 0) is 51.4 Å². The van der Waals surface area contributed by atoms with Crippen LogP contribution in [0.15, 0.2) is 82.4 Å². The lowest BCUT2D eigenvalue weighted by Gasteiger charge is -2.19. The van der Waals surface area contributed by atoms with Gasteiger partial charge in [0.25, 0.3) is 10.9 Å². The lowest BCUT2D eigenvalue weighted by atomic mass is 9.96. The summed E-state index contributed by atoms with van der Waals surface area (Å²) in [5.74, 6) is 0. The summed E-state index contributed by atoms with van der Waals surface area (Å²) in [5.41, 5.74) is -5.47. The molecule has 5 nitrogen and oxygen atoms in total. The summed E-state index contributed by atoms with van der Waals surface area (Å²) < 4.78 is 88.8. The number of anilines is 3. The molecule has 5 rings (SSSR count). The van der Waals surface area contributed by atoms with Gasteiger partial charge in [-0.3, -0.25) is 13.8 Å². The van der Waals surface area contributed by atoms with E-state index in [0.717, 1.165) is 27.1 Å². The zero-order valence-corrected chi connectivity index (χ0v) is 22.4. The summed E-state index contributed by atoms with van der Waals surface area (Å²) in [6.45, 7) is 0.0811. The van der Waals surface area contributed by atoms with Crippen LogP contribution in [0.5, 0.6) is 0 Å². The molecular formula is C29H22F6N2O3S. The van der Waals surface area contributed by atoms with E-state index in [-0.39, 0.29) is 18.3 Å². The minimum Gasteiger partial charge on any atom is -0.376 e. The second-order valence-corrected chi connectivity index (χ2v) is 10.7. The molecule has 0 amide bonds. The zero-order chi connectivity index (χ0) is 30.1. The predicted octanol–water partition coefficient (Wildman–Crippen LogP) is 6.98. The van der Waals surface area contributed by atoms with E-state index >= 15 is 0 Å². The van der Waals surface area contributed by atoms with Crippen LogP contribution in [-0.4, -0.2) is 16.7 Å². The van der Waals surface area contributed by atoms with Gasteiger partial charge in [-0.1, -0.05) is 48.5 Å². The van der Waals surface area contributed by atoms with Crippen molar-refractivity contribution in [2.24, 2.45) is 0 Å². The van der Waals surface area contributed by atoms with Crippen LogP contribution in [0.3, 0.4) is 0 Å². The molecule has 214 valence electrons. The number of hydrogen-bond donors (Lipinski definition) is 2. The van der Waals surface area contributed by atoms with Crippen molar-refractivity contribution in [3.8, 4) is 0 Å². The minimum atomic E-state index is -5.05. The summed E-state index contributed by atoms with van der Waals surface area (Å²) in [6.07, 6.45) is -6.83. The molecule has 0 fully saturated rings. The normalized spacial score (nSPS) is 12.0. The second-order valence-electron chi connectivity index (χ2n) is 9.22. The summed E-state index contributed by atoms with van der Waals surface area (Å²) in [7, 11) is -0.611. The standard InChI is InChI=1S/C27H16F6N2O2.C2H6OS/c28-26(29,30)16-10-17(27(31,32)33)12-18(11-16)35-23-22(24(36)25(23)37)34-13-21-19-7-3-1-5-14(19)9-15-6-2-4-8-20(15)21;1-4(2)3/h1-12,34-35H,13H2;1-2H3. The topological polar surface area (TPSA) is 75.3 Å². The molecule has 0 radical (unpaired) electrons. The molecular weight excluding hydrogens is 570 g/mol. The van der Waals surface area contributed by atoms with Gasteiger partial charge in [0.1, 0.15) is 11.4 Å². The third kappa shape index (κ3) is 6.59. The molecule has 0 heterocycles. The Morgan fingerprint density at radius 2 is 1.12 bits per heavy atom. The van der Waals surface area contributed by atoms with E-state index in [4.69, 9.17) is 0 Å². The molecule has 0 aliphatic rings. The minimum absolute atomic E-state index is 0.0158. The maximum atomic E-state index is 13.2. The molecule has 0 aliphatic heterocycles. The monoisotopic (exact) mass is 592 g/mol. The van der Waals surface area contributed by atoms with Crippen LogP contribution < -0.4 is 21.5 Å². The molecule has 2 N–H and O–H groups in total. The average molecular weight is 593 g/mol. The van der Waals surface area contributed by atoms with Crippen molar-refractivity contribution >= 4 is 49.4 Å². The first-order valence-corrected chi connectivity index (χ1v) is 13.9. The Hall–Kier alpha value is -4.19. The first kappa shape index (κ1) is 29.8. The summed E-state index contributed by atoms with van der Waals surface area (Å²) in [4.78, 5) is 24.5. The number of rotatable bonds is 5. The van der Waals surface area contributed by atoms with E-state index in [2.05, 4.69) is 10.6 Å². The van der Waals surface area contributed by atoms with Crippen LogP contribution in [0, 0.1) is 0 Å². The first-order valence-electron chi connectivity index (χ1n) is 11.9. The number of halogens is 6. The van der Waals surface area contributed by atoms with Crippen molar-refractivity contribution in [2.75, 3.05) is 23.1 Å². The van der Waals surface area contributed by atoms with E-state index in [9.17, 15) is 40.1 Å². The molecule has 41 heavy (non-hydrogen) atoms. The van der Waals surface area contributed by atoms with Crippen LogP contribution in [0.25, 0.3) is 21.5 Å². The van der Waals surface area contributed by atoms with Gasteiger partial charge in [-0.15, -0.1) is 0 Å². The molecule has 0 saturated heterocycles. The lowest BCUT2D eigenvalue weighted by Crippen LogP contribution is -2.36. The van der Waals surface area contributed by atoms with Gasteiger partial charge in [-0.2, -0.15) is 26.3 Å². The Morgan fingerprint density at radius 1 is 0.683 bits per heavy atom. The Balaban J connectivity index is 0.000000909. The van der Waals surface area contributed by atoms with Crippen LogP contribution in [-0.2, 0) is 29.7 Å². The molecule has 0 spiro atoms. The number of nitrogens with one attached hydrogen (secondary N) is 2. The molecule has 0 aromatic heterocycles. The van der Waals surface area contributed by atoms with Crippen LogP contribution >= 0.6 is 0 Å². The van der Waals surface area contributed by atoms with Gasteiger partial charge in [0.05, 0.1) is 11.1 Å². The zero-order valence-electron chi connectivity index (χ0n) is 21.5. The van der Waals surface area contributed by atoms with Gasteiger partial charge in [0, 0.05) is 35.5 Å². The Kier molecular flexibility index (Phi) is 8.25. The van der Waals surface area contributed by atoms with Gasteiger partial charge < -0.3 is 10.6 Å². The maximum Gasteiger partial charge on any atom is 0.416 e. The fraction of sp³-hybridized carbons (Fsp3) is 0.172. The Bertz CT molecular complexity index is 1750. The van der Waals surface area contributed by atoms with E-state index in [0.29, 0.717) is 12.1 Å². The SMILES string of the molecule is CS(C)=O.O=c1c(NCc2c3ccccc3cc3ccccc23)c(Nc2cc(C(F)(F)F)cc(C(F)(F)F)c2)c1=O. The first-order chi connectivity index (χ1) is 19.2. The summed E-state index contributed by atoms with van der Waals surface area (Å²) in [6, 6.07) is 17.9. The lowest BCUT2D eigenvalue weighted by molar-refractivity contribution is -0.143. The number of hydrogen-bond acceptors (Lipinski definition) is 5. The number of fused-ring (bicyclic) bond motifs is 2. The van der Waals surface area contributed by atoms with Gasteiger partial charge in [0.2, 0.25) is 0 Å². The molecule has 5 aromatic carbocycles. The van der Waals surface area contributed by atoms with E-state index in [1.807, 2.05) is 54.6 Å². The van der Waals surface area contributed by atoms with Crippen molar-refractivity contribution in [3.05, 3.63) is 110 Å². The van der Waals surface area contributed by atoms with Crippen molar-refractivity contribution < 1.29 is 30.6 Å². The highest BCUT2D eigenvalue weighted by Gasteiger charge is 2.37. The summed E-state index contributed by atoms with van der Waals surface area (Å²) >= 11 is 0. The Labute approximate surface area is 232 Å². The van der Waals surface area contributed by atoms with Crippen molar-refractivity contribution in [2.45, 2.75) is 18.9 Å². The van der Waals surface area contributed by atoms with Crippen molar-refractivity contribution in [3.63, 3.8) is 0 Å². The highest BCUT2D eigenvalue weighted by Crippen LogP contribution is 2.38. The molecule has 0 atom stereocenters. The molecule has 0 bridgehead atoms. The largest absolute Gasteiger partial charge is 0.416 e. The number of alkyl halides is 6. The summed E-state index contributed by atoms with van der Waals surface area (Å²) in [5, 5.41) is 8.79. The average Bonchev–Trinajstić information content (AvgIpc) is 2.90. The van der Waals surface area contributed by atoms with E-state index in [1.165, 1.54) is 0 Å². The quantitative estimate of drug-likeness (QED) is 0.131. The maximum absolute atomic E-state index is 13.2. The van der Waals surface area contributed by atoms with Crippen molar-refractivity contribution in [1.29, 1.82) is 0 Å². The molecule has 5 aromatic rings. The van der Waals surface area contributed by atoms with Gasteiger partial charge >= 0.3 is 12.4 Å².